The second kappa shape index (κ2) is 9.40. The van der Waals surface area contributed by atoms with E-state index in [4.69, 9.17) is 4.98 Å². The minimum Gasteiger partial charge on any atom is -0.340 e. The Labute approximate surface area is 193 Å². The number of piperazine rings is 1. The van der Waals surface area contributed by atoms with Gasteiger partial charge in [-0.1, -0.05) is 36.4 Å². The van der Waals surface area contributed by atoms with Gasteiger partial charge in [-0.2, -0.15) is 0 Å². The van der Waals surface area contributed by atoms with E-state index in [-0.39, 0.29) is 5.91 Å². The number of carbonyl (C=O) groups is 1. The summed E-state index contributed by atoms with van der Waals surface area (Å²) in [4.78, 5) is 27.7. The van der Waals surface area contributed by atoms with Gasteiger partial charge in [0.25, 0.3) is 0 Å². The van der Waals surface area contributed by atoms with Crippen molar-refractivity contribution in [2.45, 2.75) is 13.0 Å². The number of nitrogens with zero attached hydrogens (tertiary/aromatic N) is 4. The molecule has 4 aromatic rings. The van der Waals surface area contributed by atoms with Gasteiger partial charge in [-0.3, -0.25) is 9.69 Å². The predicted molar refractivity (Wildman–Crippen MR) is 129 cm³/mol. The van der Waals surface area contributed by atoms with Crippen LogP contribution in [0.3, 0.4) is 0 Å². The Bertz CT molecular complexity index is 1130. The molecule has 8 heteroatoms. The Hall–Kier alpha value is -2.39. The fraction of sp³-hybridized carbons (Fsp3) is 0.261. The molecule has 5 rings (SSSR count). The van der Waals surface area contributed by atoms with Crippen molar-refractivity contribution in [3.63, 3.8) is 0 Å². The van der Waals surface area contributed by atoms with Crippen LogP contribution in [0.2, 0.25) is 0 Å². The van der Waals surface area contributed by atoms with E-state index in [9.17, 15) is 4.79 Å². The first kappa shape index (κ1) is 20.5. The number of amides is 1. The van der Waals surface area contributed by atoms with E-state index in [2.05, 4.69) is 38.8 Å². The van der Waals surface area contributed by atoms with Gasteiger partial charge in [0, 0.05) is 49.0 Å². The second-order valence-corrected chi connectivity index (χ2v) is 10.1. The van der Waals surface area contributed by atoms with Crippen LogP contribution >= 0.6 is 34.0 Å². The lowest BCUT2D eigenvalue weighted by atomic mass is 10.2. The Morgan fingerprint density at radius 2 is 1.58 bits per heavy atom. The molecule has 0 bridgehead atoms. The van der Waals surface area contributed by atoms with Crippen molar-refractivity contribution in [2.24, 2.45) is 0 Å². The monoisotopic (exact) mass is 466 g/mol. The third kappa shape index (κ3) is 4.93. The SMILES string of the molecule is O=C(Cc1csc(-c2cccs2)n1)N1CCN(Cc2csc(-c3ccccc3)n2)CC1. The molecule has 0 atom stereocenters. The van der Waals surface area contributed by atoms with Gasteiger partial charge in [-0.25, -0.2) is 9.97 Å². The molecule has 1 fully saturated rings. The van der Waals surface area contributed by atoms with Crippen molar-refractivity contribution in [3.05, 3.63) is 70.0 Å². The first-order chi connectivity index (χ1) is 15.2. The third-order valence-electron chi connectivity index (χ3n) is 5.30. The van der Waals surface area contributed by atoms with Crippen LogP contribution in [-0.2, 0) is 17.8 Å². The van der Waals surface area contributed by atoms with Gasteiger partial charge < -0.3 is 4.90 Å². The molecule has 3 aromatic heterocycles. The normalized spacial score (nSPS) is 14.8. The Morgan fingerprint density at radius 1 is 0.839 bits per heavy atom. The fourth-order valence-electron chi connectivity index (χ4n) is 3.65. The highest BCUT2D eigenvalue weighted by atomic mass is 32.1. The van der Waals surface area contributed by atoms with E-state index in [0.29, 0.717) is 6.42 Å². The van der Waals surface area contributed by atoms with E-state index in [0.717, 1.165) is 59.0 Å². The molecular formula is C23H22N4OS3. The Morgan fingerprint density at radius 3 is 2.35 bits per heavy atom. The third-order valence-corrected chi connectivity index (χ3v) is 8.17. The number of hydrogen-bond acceptors (Lipinski definition) is 7. The quantitative estimate of drug-likeness (QED) is 0.406. The summed E-state index contributed by atoms with van der Waals surface area (Å²) in [6.07, 6.45) is 0.383. The molecule has 5 nitrogen and oxygen atoms in total. The first-order valence-electron chi connectivity index (χ1n) is 10.2. The summed E-state index contributed by atoms with van der Waals surface area (Å²) in [7, 11) is 0. The minimum atomic E-state index is 0.169. The van der Waals surface area contributed by atoms with Crippen LogP contribution < -0.4 is 0 Å². The lowest BCUT2D eigenvalue weighted by Crippen LogP contribution is -2.48. The highest BCUT2D eigenvalue weighted by Crippen LogP contribution is 2.28. The van der Waals surface area contributed by atoms with Gasteiger partial charge in [-0.05, 0) is 11.4 Å². The van der Waals surface area contributed by atoms with Crippen molar-refractivity contribution in [3.8, 4) is 20.5 Å². The molecule has 0 unspecified atom stereocenters. The zero-order chi connectivity index (χ0) is 21.0. The molecular weight excluding hydrogens is 444 g/mol. The number of benzene rings is 1. The van der Waals surface area contributed by atoms with Crippen molar-refractivity contribution in [2.75, 3.05) is 26.2 Å². The summed E-state index contributed by atoms with van der Waals surface area (Å²) >= 11 is 4.98. The van der Waals surface area contributed by atoms with Crippen LogP contribution in [0.5, 0.6) is 0 Å². The summed E-state index contributed by atoms with van der Waals surface area (Å²) in [5.74, 6) is 0.169. The van der Waals surface area contributed by atoms with Crippen molar-refractivity contribution < 1.29 is 4.79 Å². The average Bonchev–Trinajstić information content (AvgIpc) is 3.57. The maximum atomic E-state index is 12.8. The van der Waals surface area contributed by atoms with Crippen LogP contribution in [0.4, 0.5) is 0 Å². The summed E-state index contributed by atoms with van der Waals surface area (Å²) in [6.45, 7) is 4.11. The summed E-state index contributed by atoms with van der Waals surface area (Å²) in [5, 5.41) is 8.27. The lowest BCUT2D eigenvalue weighted by molar-refractivity contribution is -0.132. The van der Waals surface area contributed by atoms with Crippen molar-refractivity contribution in [1.82, 2.24) is 19.8 Å². The Balaban J connectivity index is 1.12. The van der Waals surface area contributed by atoms with E-state index >= 15 is 0 Å². The molecule has 0 saturated carbocycles. The smallest absolute Gasteiger partial charge is 0.228 e. The van der Waals surface area contributed by atoms with Crippen LogP contribution in [0.1, 0.15) is 11.4 Å². The van der Waals surface area contributed by atoms with Gasteiger partial charge in [-0.15, -0.1) is 34.0 Å². The Kier molecular flexibility index (Phi) is 6.22. The molecule has 1 aliphatic rings. The molecule has 1 aromatic carbocycles. The van der Waals surface area contributed by atoms with Gasteiger partial charge in [0.2, 0.25) is 5.91 Å². The molecule has 0 N–H and O–H groups in total. The fourth-order valence-corrected chi connectivity index (χ4v) is 6.10. The molecule has 158 valence electrons. The minimum absolute atomic E-state index is 0.169. The largest absolute Gasteiger partial charge is 0.340 e. The van der Waals surface area contributed by atoms with Crippen molar-refractivity contribution in [1.29, 1.82) is 0 Å². The topological polar surface area (TPSA) is 49.3 Å². The molecule has 1 amide bonds. The molecule has 0 spiro atoms. The van der Waals surface area contributed by atoms with Crippen molar-refractivity contribution >= 4 is 39.9 Å². The van der Waals surface area contributed by atoms with Gasteiger partial charge in [0.05, 0.1) is 22.7 Å². The second-order valence-electron chi connectivity index (χ2n) is 7.47. The molecule has 1 saturated heterocycles. The molecule has 4 heterocycles. The summed E-state index contributed by atoms with van der Waals surface area (Å²) in [5.41, 5.74) is 3.14. The highest BCUT2D eigenvalue weighted by Gasteiger charge is 2.22. The van der Waals surface area contributed by atoms with E-state index in [1.54, 1.807) is 34.0 Å². The predicted octanol–water partition coefficient (Wildman–Crippen LogP) is 4.88. The molecule has 31 heavy (non-hydrogen) atoms. The van der Waals surface area contributed by atoms with Crippen LogP contribution in [-0.4, -0.2) is 51.9 Å². The molecule has 0 radical (unpaired) electrons. The lowest BCUT2D eigenvalue weighted by Gasteiger charge is -2.34. The maximum absolute atomic E-state index is 12.8. The molecule has 0 aliphatic carbocycles. The van der Waals surface area contributed by atoms with E-state index < -0.39 is 0 Å². The molecule has 1 aliphatic heterocycles. The summed E-state index contributed by atoms with van der Waals surface area (Å²) < 4.78 is 0. The van der Waals surface area contributed by atoms with Crippen LogP contribution in [0, 0.1) is 0 Å². The van der Waals surface area contributed by atoms with E-state index in [1.165, 1.54) is 5.56 Å². The number of hydrogen-bond donors (Lipinski definition) is 0. The van der Waals surface area contributed by atoms with Crippen LogP contribution in [0.15, 0.2) is 58.6 Å². The first-order valence-corrected chi connectivity index (χ1v) is 12.9. The number of rotatable bonds is 6. The summed E-state index contributed by atoms with van der Waals surface area (Å²) in [6, 6.07) is 14.4. The number of aromatic nitrogens is 2. The zero-order valence-electron chi connectivity index (χ0n) is 16.9. The maximum Gasteiger partial charge on any atom is 0.228 e. The number of thiazole rings is 2. The van der Waals surface area contributed by atoms with Gasteiger partial charge >= 0.3 is 0 Å². The standard InChI is InChI=1S/C23H22N4OS3/c28-21(13-18-15-31-23(24-18)20-7-4-12-29-20)27-10-8-26(9-11-27)14-19-16-30-22(25-19)17-5-2-1-3-6-17/h1-7,12,15-16H,8-11,13-14H2. The number of carbonyl (C=O) groups excluding carboxylic acids is 1. The van der Waals surface area contributed by atoms with Gasteiger partial charge in [0.1, 0.15) is 10.0 Å². The highest BCUT2D eigenvalue weighted by molar-refractivity contribution is 7.20. The van der Waals surface area contributed by atoms with E-state index in [1.807, 2.05) is 34.5 Å². The zero-order valence-corrected chi connectivity index (χ0v) is 19.4. The van der Waals surface area contributed by atoms with Crippen LogP contribution in [0.25, 0.3) is 20.5 Å². The van der Waals surface area contributed by atoms with Gasteiger partial charge in [0.15, 0.2) is 0 Å². The average molecular weight is 467 g/mol. The number of thiophene rings is 1.